The monoisotopic (exact) mass is 311 g/mol. The number of para-hydroxylation sites is 1. The molecule has 0 spiro atoms. The summed E-state index contributed by atoms with van der Waals surface area (Å²) >= 11 is 0. The van der Waals surface area contributed by atoms with Crippen LogP contribution in [-0.4, -0.2) is 32.8 Å². The van der Waals surface area contributed by atoms with E-state index in [0.29, 0.717) is 11.3 Å². The van der Waals surface area contributed by atoms with E-state index in [4.69, 9.17) is 0 Å². The lowest BCUT2D eigenvalue weighted by molar-refractivity contribution is 0.612. The molecule has 3 aromatic rings. The Kier molecular flexibility index (Phi) is 3.65. The summed E-state index contributed by atoms with van der Waals surface area (Å²) in [4.78, 5) is 11.1. The Bertz CT molecular complexity index is 821. The number of halogens is 1. The SMILES string of the molecule is Fc1ccccc1-n1ncc2c(N3CCCCCC3)ncnc21. The first-order valence-corrected chi connectivity index (χ1v) is 8.03. The quantitative estimate of drug-likeness (QED) is 0.728. The molecule has 3 heterocycles. The number of hydrogen-bond donors (Lipinski definition) is 0. The van der Waals surface area contributed by atoms with Crippen molar-refractivity contribution in [2.24, 2.45) is 0 Å². The fourth-order valence-electron chi connectivity index (χ4n) is 3.17. The number of rotatable bonds is 2. The molecule has 0 unspecified atom stereocenters. The van der Waals surface area contributed by atoms with Crippen LogP contribution in [0.25, 0.3) is 16.7 Å². The van der Waals surface area contributed by atoms with Crippen molar-refractivity contribution in [3.8, 4) is 5.69 Å². The second kappa shape index (κ2) is 5.95. The maximum atomic E-state index is 14.1. The van der Waals surface area contributed by atoms with Gasteiger partial charge in [-0.25, -0.2) is 19.0 Å². The standard InChI is InChI=1S/C17H18FN5/c18-14-7-3-4-8-15(14)23-17-13(11-21-23)16(19-12-20-17)22-9-5-1-2-6-10-22/h3-4,7-8,11-12H,1-2,5-6,9-10H2. The van der Waals surface area contributed by atoms with E-state index in [1.807, 2.05) is 0 Å². The van der Waals surface area contributed by atoms with Crippen molar-refractivity contribution >= 4 is 16.9 Å². The molecule has 1 aliphatic rings. The van der Waals surface area contributed by atoms with Gasteiger partial charge in [0.25, 0.3) is 0 Å². The smallest absolute Gasteiger partial charge is 0.168 e. The molecule has 0 atom stereocenters. The molecule has 1 aliphatic heterocycles. The van der Waals surface area contributed by atoms with Crippen LogP contribution in [0.2, 0.25) is 0 Å². The van der Waals surface area contributed by atoms with E-state index in [1.54, 1.807) is 35.4 Å². The lowest BCUT2D eigenvalue weighted by atomic mass is 10.2. The van der Waals surface area contributed by atoms with Gasteiger partial charge >= 0.3 is 0 Å². The third kappa shape index (κ3) is 2.54. The molecule has 1 saturated heterocycles. The number of fused-ring (bicyclic) bond motifs is 1. The predicted molar refractivity (Wildman–Crippen MR) is 87.3 cm³/mol. The Labute approximate surface area is 133 Å². The topological polar surface area (TPSA) is 46.8 Å². The van der Waals surface area contributed by atoms with E-state index in [2.05, 4.69) is 20.0 Å². The molecule has 0 aliphatic carbocycles. The van der Waals surface area contributed by atoms with Gasteiger partial charge in [0.15, 0.2) is 5.65 Å². The van der Waals surface area contributed by atoms with Crippen LogP contribution in [0.4, 0.5) is 10.2 Å². The lowest BCUT2D eigenvalue weighted by Gasteiger charge is -2.21. The average Bonchev–Trinajstić information content (AvgIpc) is 2.82. The molecule has 0 radical (unpaired) electrons. The van der Waals surface area contributed by atoms with Gasteiger partial charge in [0.1, 0.15) is 23.6 Å². The van der Waals surface area contributed by atoms with Crippen LogP contribution in [0, 0.1) is 5.82 Å². The number of aromatic nitrogens is 4. The number of anilines is 1. The van der Waals surface area contributed by atoms with Gasteiger partial charge in [0, 0.05) is 13.1 Å². The van der Waals surface area contributed by atoms with Crippen molar-refractivity contribution in [3.05, 3.63) is 42.6 Å². The summed E-state index contributed by atoms with van der Waals surface area (Å²) in [6.07, 6.45) is 8.15. The molecule has 23 heavy (non-hydrogen) atoms. The highest BCUT2D eigenvalue weighted by molar-refractivity contribution is 5.87. The summed E-state index contributed by atoms with van der Waals surface area (Å²) in [5, 5.41) is 5.23. The van der Waals surface area contributed by atoms with Crippen molar-refractivity contribution in [1.29, 1.82) is 0 Å². The van der Waals surface area contributed by atoms with E-state index in [1.165, 1.54) is 31.7 Å². The molecule has 2 aromatic heterocycles. The highest BCUT2D eigenvalue weighted by Crippen LogP contribution is 2.27. The van der Waals surface area contributed by atoms with Crippen LogP contribution in [0.15, 0.2) is 36.8 Å². The van der Waals surface area contributed by atoms with Crippen molar-refractivity contribution in [2.45, 2.75) is 25.7 Å². The van der Waals surface area contributed by atoms with Gasteiger partial charge in [0.2, 0.25) is 0 Å². The summed E-state index contributed by atoms with van der Waals surface area (Å²) in [6, 6.07) is 6.60. The molecule has 4 rings (SSSR count). The molecule has 6 heteroatoms. The largest absolute Gasteiger partial charge is 0.356 e. The van der Waals surface area contributed by atoms with Crippen LogP contribution in [0.5, 0.6) is 0 Å². The summed E-state index contributed by atoms with van der Waals surface area (Å²) in [6.45, 7) is 1.99. The van der Waals surface area contributed by atoms with Crippen LogP contribution in [0.1, 0.15) is 25.7 Å². The first kappa shape index (κ1) is 14.1. The zero-order valence-corrected chi connectivity index (χ0v) is 12.8. The Morgan fingerprint density at radius 1 is 0.957 bits per heavy atom. The van der Waals surface area contributed by atoms with Crippen LogP contribution < -0.4 is 4.90 Å². The summed E-state index contributed by atoms with van der Waals surface area (Å²) < 4.78 is 15.6. The van der Waals surface area contributed by atoms with Crippen LogP contribution >= 0.6 is 0 Å². The molecular weight excluding hydrogens is 293 g/mol. The summed E-state index contributed by atoms with van der Waals surface area (Å²) in [7, 11) is 0. The van der Waals surface area contributed by atoms with E-state index >= 15 is 0 Å². The number of nitrogens with zero attached hydrogens (tertiary/aromatic N) is 5. The fraction of sp³-hybridized carbons (Fsp3) is 0.353. The molecule has 1 aromatic carbocycles. The van der Waals surface area contributed by atoms with Gasteiger partial charge in [-0.1, -0.05) is 25.0 Å². The molecule has 5 nitrogen and oxygen atoms in total. The van der Waals surface area contributed by atoms with E-state index < -0.39 is 0 Å². The minimum absolute atomic E-state index is 0.313. The van der Waals surface area contributed by atoms with Crippen molar-refractivity contribution in [1.82, 2.24) is 19.7 Å². The van der Waals surface area contributed by atoms with Crippen LogP contribution in [-0.2, 0) is 0 Å². The van der Waals surface area contributed by atoms with E-state index in [-0.39, 0.29) is 5.82 Å². The molecule has 0 N–H and O–H groups in total. The number of benzene rings is 1. The summed E-state index contributed by atoms with van der Waals surface area (Å²) in [5.74, 6) is 0.590. The normalized spacial score (nSPS) is 15.8. The molecule has 0 saturated carbocycles. The Balaban J connectivity index is 1.82. The summed E-state index contributed by atoms with van der Waals surface area (Å²) in [5.41, 5.74) is 1.05. The lowest BCUT2D eigenvalue weighted by Crippen LogP contribution is -2.25. The van der Waals surface area contributed by atoms with Gasteiger partial charge < -0.3 is 4.90 Å². The second-order valence-corrected chi connectivity index (χ2v) is 5.84. The zero-order chi connectivity index (χ0) is 15.6. The van der Waals surface area contributed by atoms with E-state index in [0.717, 1.165) is 24.3 Å². The molecule has 0 bridgehead atoms. The third-order valence-electron chi connectivity index (χ3n) is 4.33. The van der Waals surface area contributed by atoms with Gasteiger partial charge in [-0.05, 0) is 25.0 Å². The maximum absolute atomic E-state index is 14.1. The zero-order valence-electron chi connectivity index (χ0n) is 12.8. The van der Waals surface area contributed by atoms with Gasteiger partial charge in [-0.15, -0.1) is 0 Å². The molecule has 1 fully saturated rings. The molecule has 118 valence electrons. The fourth-order valence-corrected chi connectivity index (χ4v) is 3.17. The first-order chi connectivity index (χ1) is 11.3. The Morgan fingerprint density at radius 2 is 1.74 bits per heavy atom. The molecular formula is C17H18FN5. The first-order valence-electron chi connectivity index (χ1n) is 8.03. The third-order valence-corrected chi connectivity index (χ3v) is 4.33. The second-order valence-electron chi connectivity index (χ2n) is 5.84. The van der Waals surface area contributed by atoms with Crippen LogP contribution in [0.3, 0.4) is 0 Å². The highest BCUT2D eigenvalue weighted by Gasteiger charge is 2.18. The van der Waals surface area contributed by atoms with E-state index in [9.17, 15) is 4.39 Å². The Hall–Kier alpha value is -2.50. The number of hydrogen-bond acceptors (Lipinski definition) is 4. The van der Waals surface area contributed by atoms with Gasteiger partial charge in [-0.3, -0.25) is 0 Å². The van der Waals surface area contributed by atoms with Crippen molar-refractivity contribution in [3.63, 3.8) is 0 Å². The average molecular weight is 311 g/mol. The Morgan fingerprint density at radius 3 is 2.52 bits per heavy atom. The highest BCUT2D eigenvalue weighted by atomic mass is 19.1. The minimum Gasteiger partial charge on any atom is -0.356 e. The predicted octanol–water partition coefficient (Wildman–Crippen LogP) is 3.34. The molecule has 0 amide bonds. The van der Waals surface area contributed by atoms with Crippen molar-refractivity contribution in [2.75, 3.05) is 18.0 Å². The minimum atomic E-state index is -0.313. The van der Waals surface area contributed by atoms with Gasteiger partial charge in [0.05, 0.1) is 11.6 Å². The maximum Gasteiger partial charge on any atom is 0.168 e. The van der Waals surface area contributed by atoms with Crippen molar-refractivity contribution < 1.29 is 4.39 Å². The van der Waals surface area contributed by atoms with Gasteiger partial charge in [-0.2, -0.15) is 5.10 Å².